The molecular formula is C22H22F3NO4. The summed E-state index contributed by atoms with van der Waals surface area (Å²) in [5, 5.41) is 3.67. The summed E-state index contributed by atoms with van der Waals surface area (Å²) in [7, 11) is 1.15. The van der Waals surface area contributed by atoms with Crippen molar-refractivity contribution >= 4 is 34.2 Å². The highest BCUT2D eigenvalue weighted by molar-refractivity contribution is 6.06. The van der Waals surface area contributed by atoms with Crippen molar-refractivity contribution in [2.75, 3.05) is 7.11 Å². The van der Waals surface area contributed by atoms with Crippen LogP contribution in [0.3, 0.4) is 0 Å². The summed E-state index contributed by atoms with van der Waals surface area (Å²) in [5.41, 5.74) is 1.10. The standard InChI is InChI=1S/C22H22F3NO4/c1-12(2)8-17(21(28)29-3)26-20(22(23,24)25)14-5-6-15-16-9-13(11-27)4-7-18(16)30-19(15)10-14/h4-7,9-12,17,20,26H,8H2,1-3H3/t17-,20-/m0/s1. The second-order valence-electron chi connectivity index (χ2n) is 7.58. The summed E-state index contributed by atoms with van der Waals surface area (Å²) in [4.78, 5) is 23.1. The van der Waals surface area contributed by atoms with Crippen LogP contribution in [0, 0.1) is 5.92 Å². The van der Waals surface area contributed by atoms with E-state index in [9.17, 15) is 22.8 Å². The van der Waals surface area contributed by atoms with Gasteiger partial charge in [-0.1, -0.05) is 26.0 Å². The van der Waals surface area contributed by atoms with E-state index in [4.69, 9.17) is 4.42 Å². The summed E-state index contributed by atoms with van der Waals surface area (Å²) in [6.07, 6.45) is -3.76. The van der Waals surface area contributed by atoms with Crippen molar-refractivity contribution < 1.29 is 31.9 Å². The Morgan fingerprint density at radius 1 is 1.13 bits per heavy atom. The number of ether oxygens (including phenoxy) is 1. The monoisotopic (exact) mass is 421 g/mol. The van der Waals surface area contributed by atoms with Crippen LogP contribution in [0.5, 0.6) is 0 Å². The molecule has 0 aliphatic rings. The average Bonchev–Trinajstić information content (AvgIpc) is 3.05. The second-order valence-corrected chi connectivity index (χ2v) is 7.58. The largest absolute Gasteiger partial charge is 0.468 e. The van der Waals surface area contributed by atoms with Gasteiger partial charge in [-0.3, -0.25) is 14.9 Å². The molecule has 0 aliphatic heterocycles. The van der Waals surface area contributed by atoms with Crippen LogP contribution in [0.4, 0.5) is 13.2 Å². The van der Waals surface area contributed by atoms with Gasteiger partial charge in [0.05, 0.1) is 7.11 Å². The molecule has 0 unspecified atom stereocenters. The molecule has 5 nitrogen and oxygen atoms in total. The number of methoxy groups -OCH3 is 1. The molecule has 0 fully saturated rings. The topological polar surface area (TPSA) is 68.5 Å². The van der Waals surface area contributed by atoms with Gasteiger partial charge >= 0.3 is 12.1 Å². The highest BCUT2D eigenvalue weighted by Crippen LogP contribution is 2.37. The van der Waals surface area contributed by atoms with Gasteiger partial charge in [-0.05, 0) is 42.2 Å². The second kappa shape index (κ2) is 8.47. The summed E-state index contributed by atoms with van der Waals surface area (Å²) in [5.74, 6) is -0.760. The maximum atomic E-state index is 13.9. The third-order valence-electron chi connectivity index (χ3n) is 4.88. The molecule has 2 aromatic carbocycles. The van der Waals surface area contributed by atoms with Crippen molar-refractivity contribution in [2.24, 2.45) is 5.92 Å². The fourth-order valence-electron chi connectivity index (χ4n) is 3.49. The van der Waals surface area contributed by atoms with E-state index >= 15 is 0 Å². The number of benzene rings is 2. The number of alkyl halides is 3. The van der Waals surface area contributed by atoms with Gasteiger partial charge in [-0.25, -0.2) is 0 Å². The zero-order valence-corrected chi connectivity index (χ0v) is 16.7. The van der Waals surface area contributed by atoms with E-state index in [2.05, 4.69) is 10.1 Å². The Labute approximate surface area is 171 Å². The number of hydrogen-bond donors (Lipinski definition) is 1. The fourth-order valence-corrected chi connectivity index (χ4v) is 3.49. The molecule has 0 spiro atoms. The zero-order valence-electron chi connectivity index (χ0n) is 16.7. The molecule has 30 heavy (non-hydrogen) atoms. The van der Waals surface area contributed by atoms with Gasteiger partial charge in [-0.15, -0.1) is 0 Å². The van der Waals surface area contributed by atoms with Crippen LogP contribution in [-0.2, 0) is 9.53 Å². The molecule has 8 heteroatoms. The van der Waals surface area contributed by atoms with Crippen molar-refractivity contribution in [3.05, 3.63) is 47.5 Å². The van der Waals surface area contributed by atoms with Crippen molar-refractivity contribution in [3.63, 3.8) is 0 Å². The van der Waals surface area contributed by atoms with Crippen LogP contribution in [0.25, 0.3) is 21.9 Å². The van der Waals surface area contributed by atoms with Crippen LogP contribution in [-0.4, -0.2) is 31.6 Å². The Balaban J connectivity index is 2.04. The van der Waals surface area contributed by atoms with Crippen LogP contribution >= 0.6 is 0 Å². The van der Waals surface area contributed by atoms with Crippen LogP contribution < -0.4 is 5.32 Å². The summed E-state index contributed by atoms with van der Waals surface area (Å²) < 4.78 is 52.0. The van der Waals surface area contributed by atoms with Crippen LogP contribution in [0.15, 0.2) is 40.8 Å². The highest BCUT2D eigenvalue weighted by atomic mass is 19.4. The Bertz CT molecular complexity index is 1070. The maximum Gasteiger partial charge on any atom is 0.407 e. The lowest BCUT2D eigenvalue weighted by molar-refractivity contribution is -0.164. The lowest BCUT2D eigenvalue weighted by Gasteiger charge is -2.27. The van der Waals surface area contributed by atoms with E-state index in [0.717, 1.165) is 7.11 Å². The SMILES string of the molecule is COC(=O)[C@H](CC(C)C)N[C@@H](c1ccc2c(c1)oc1ccc(C=O)cc12)C(F)(F)F. The lowest BCUT2D eigenvalue weighted by atomic mass is 9.99. The molecular weight excluding hydrogens is 399 g/mol. The Kier molecular flexibility index (Phi) is 6.17. The van der Waals surface area contributed by atoms with E-state index < -0.39 is 24.2 Å². The Hall–Kier alpha value is -2.87. The summed E-state index contributed by atoms with van der Waals surface area (Å²) >= 11 is 0. The number of rotatable bonds is 7. The maximum absolute atomic E-state index is 13.9. The molecule has 1 heterocycles. The van der Waals surface area contributed by atoms with E-state index in [1.54, 1.807) is 18.2 Å². The number of furan rings is 1. The number of carbonyl (C=O) groups is 2. The number of nitrogens with one attached hydrogen (secondary N) is 1. The first kappa shape index (κ1) is 21.8. The smallest absolute Gasteiger partial charge is 0.407 e. The van der Waals surface area contributed by atoms with Crippen molar-refractivity contribution in [1.82, 2.24) is 5.32 Å². The Morgan fingerprint density at radius 3 is 2.47 bits per heavy atom. The first-order valence-corrected chi connectivity index (χ1v) is 9.46. The molecule has 1 N–H and O–H groups in total. The van der Waals surface area contributed by atoms with E-state index in [1.165, 1.54) is 18.2 Å². The number of aldehydes is 1. The molecule has 2 atom stereocenters. The summed E-state index contributed by atoms with van der Waals surface area (Å²) in [6, 6.07) is 5.81. The molecule has 0 saturated carbocycles. The van der Waals surface area contributed by atoms with E-state index in [1.807, 2.05) is 13.8 Å². The first-order valence-electron chi connectivity index (χ1n) is 9.46. The van der Waals surface area contributed by atoms with Gasteiger partial charge in [0.15, 0.2) is 0 Å². The summed E-state index contributed by atoms with van der Waals surface area (Å²) in [6.45, 7) is 3.63. The Morgan fingerprint density at radius 2 is 1.87 bits per heavy atom. The number of carbonyl (C=O) groups excluding carboxylic acids is 2. The molecule has 0 radical (unpaired) electrons. The number of halogens is 3. The predicted molar refractivity (Wildman–Crippen MR) is 106 cm³/mol. The lowest BCUT2D eigenvalue weighted by Crippen LogP contribution is -2.45. The molecule has 0 aliphatic carbocycles. The van der Waals surface area contributed by atoms with Gasteiger partial charge in [0.2, 0.25) is 0 Å². The number of esters is 1. The molecule has 0 amide bonds. The van der Waals surface area contributed by atoms with Gasteiger partial charge in [0, 0.05) is 16.3 Å². The predicted octanol–water partition coefficient (Wildman–Crippen LogP) is 5.18. The van der Waals surface area contributed by atoms with E-state index in [0.29, 0.717) is 28.2 Å². The molecule has 0 saturated heterocycles. The first-order chi connectivity index (χ1) is 14.1. The zero-order chi connectivity index (χ0) is 22.1. The van der Waals surface area contributed by atoms with Gasteiger partial charge in [-0.2, -0.15) is 13.2 Å². The number of hydrogen-bond acceptors (Lipinski definition) is 5. The quantitative estimate of drug-likeness (QED) is 0.421. The molecule has 3 aromatic rings. The highest BCUT2D eigenvalue weighted by Gasteiger charge is 2.43. The minimum atomic E-state index is -4.65. The molecule has 0 bridgehead atoms. The van der Waals surface area contributed by atoms with Gasteiger partial charge < -0.3 is 9.15 Å². The van der Waals surface area contributed by atoms with Crippen LogP contribution in [0.2, 0.25) is 0 Å². The van der Waals surface area contributed by atoms with E-state index in [-0.39, 0.29) is 23.5 Å². The number of fused-ring (bicyclic) bond motifs is 3. The third-order valence-corrected chi connectivity index (χ3v) is 4.88. The third kappa shape index (κ3) is 4.48. The minimum Gasteiger partial charge on any atom is -0.468 e. The average molecular weight is 421 g/mol. The van der Waals surface area contributed by atoms with Crippen molar-refractivity contribution in [3.8, 4) is 0 Å². The van der Waals surface area contributed by atoms with Crippen molar-refractivity contribution in [1.29, 1.82) is 0 Å². The minimum absolute atomic E-state index is 0.0136. The molecule has 1 aromatic heterocycles. The van der Waals surface area contributed by atoms with Gasteiger partial charge in [0.25, 0.3) is 0 Å². The van der Waals surface area contributed by atoms with Crippen molar-refractivity contribution in [2.45, 2.75) is 38.5 Å². The van der Waals surface area contributed by atoms with Gasteiger partial charge in [0.1, 0.15) is 29.5 Å². The normalized spacial score (nSPS) is 14.2. The van der Waals surface area contributed by atoms with Crippen LogP contribution in [0.1, 0.15) is 42.2 Å². The molecule has 3 rings (SSSR count). The fraction of sp³-hybridized carbons (Fsp3) is 0.364. The molecule has 160 valence electrons.